The van der Waals surface area contributed by atoms with Gasteiger partial charge in [0.1, 0.15) is 0 Å². The van der Waals surface area contributed by atoms with Gasteiger partial charge in [-0.2, -0.15) is 5.26 Å². The number of hydrogen-bond acceptors (Lipinski definition) is 2. The third-order valence-electron chi connectivity index (χ3n) is 3.72. The Morgan fingerprint density at radius 2 is 1.85 bits per heavy atom. The van der Waals surface area contributed by atoms with Crippen molar-refractivity contribution in [1.29, 1.82) is 5.26 Å². The number of nitrogens with zero attached hydrogens (tertiary/aromatic N) is 2. The first-order valence-electron chi connectivity index (χ1n) is 7.33. The summed E-state index contributed by atoms with van der Waals surface area (Å²) in [6, 6.07) is 10.0. The predicted molar refractivity (Wildman–Crippen MR) is 81.1 cm³/mol. The highest BCUT2D eigenvalue weighted by Gasteiger charge is 2.12. The second kappa shape index (κ2) is 7.54. The Hall–Kier alpha value is -2.02. The molecule has 0 aliphatic heterocycles. The molecule has 3 N–H and O–H groups in total. The molecule has 0 heterocycles. The number of rotatable bonds is 3. The highest BCUT2D eigenvalue weighted by Crippen LogP contribution is 2.16. The summed E-state index contributed by atoms with van der Waals surface area (Å²) < 4.78 is 0. The van der Waals surface area contributed by atoms with E-state index in [1.54, 1.807) is 12.1 Å². The Morgan fingerprint density at radius 1 is 1.20 bits per heavy atom. The fraction of sp³-hybridized carbons (Fsp3) is 0.500. The molecule has 0 atom stereocenters. The summed E-state index contributed by atoms with van der Waals surface area (Å²) in [6.45, 7) is 0.553. The molecule has 1 fully saturated rings. The zero-order valence-electron chi connectivity index (χ0n) is 11.8. The fourth-order valence-electron chi connectivity index (χ4n) is 2.54. The number of nitriles is 1. The van der Waals surface area contributed by atoms with Crippen molar-refractivity contribution in [2.24, 2.45) is 10.7 Å². The molecule has 0 radical (unpaired) electrons. The van der Waals surface area contributed by atoms with E-state index in [1.807, 2.05) is 12.1 Å². The Balaban J connectivity index is 1.84. The Bertz CT molecular complexity index is 476. The molecule has 0 spiro atoms. The van der Waals surface area contributed by atoms with Crippen LogP contribution in [0.15, 0.2) is 29.3 Å². The third-order valence-corrected chi connectivity index (χ3v) is 3.72. The number of guanidine groups is 1. The summed E-state index contributed by atoms with van der Waals surface area (Å²) in [5.41, 5.74) is 7.68. The van der Waals surface area contributed by atoms with Crippen LogP contribution in [0.3, 0.4) is 0 Å². The standard InChI is InChI=1S/C16H22N4/c17-11-13-7-9-14(10-8-13)12-19-16(18)20-15-5-3-1-2-4-6-15/h7-10,15H,1-6,12H2,(H3,18,19,20). The lowest BCUT2D eigenvalue weighted by Gasteiger charge is -2.16. The molecular formula is C16H22N4. The number of benzene rings is 1. The fourth-order valence-corrected chi connectivity index (χ4v) is 2.54. The van der Waals surface area contributed by atoms with Crippen LogP contribution in [0.1, 0.15) is 49.7 Å². The van der Waals surface area contributed by atoms with Crippen LogP contribution >= 0.6 is 0 Å². The van der Waals surface area contributed by atoms with Crippen molar-refractivity contribution in [3.05, 3.63) is 35.4 Å². The Morgan fingerprint density at radius 3 is 2.45 bits per heavy atom. The number of nitrogens with two attached hydrogens (primary N) is 1. The zero-order chi connectivity index (χ0) is 14.2. The lowest BCUT2D eigenvalue weighted by Crippen LogP contribution is -2.39. The normalized spacial score (nSPS) is 17.2. The van der Waals surface area contributed by atoms with Gasteiger partial charge in [0, 0.05) is 6.04 Å². The molecule has 4 heteroatoms. The van der Waals surface area contributed by atoms with Gasteiger partial charge in [-0.15, -0.1) is 0 Å². The topological polar surface area (TPSA) is 74.2 Å². The molecular weight excluding hydrogens is 248 g/mol. The molecule has 0 saturated heterocycles. The quantitative estimate of drug-likeness (QED) is 0.504. The van der Waals surface area contributed by atoms with E-state index in [0.717, 1.165) is 5.56 Å². The molecule has 0 bridgehead atoms. The SMILES string of the molecule is N#Cc1ccc(CN=C(N)NC2CCCCCC2)cc1. The van der Waals surface area contributed by atoms with Gasteiger partial charge in [-0.3, -0.25) is 0 Å². The van der Waals surface area contributed by atoms with E-state index in [9.17, 15) is 0 Å². The largest absolute Gasteiger partial charge is 0.370 e. The summed E-state index contributed by atoms with van der Waals surface area (Å²) in [7, 11) is 0. The molecule has 1 aliphatic rings. The zero-order valence-corrected chi connectivity index (χ0v) is 11.8. The summed E-state index contributed by atoms with van der Waals surface area (Å²) in [5.74, 6) is 0.529. The minimum absolute atomic E-state index is 0.474. The summed E-state index contributed by atoms with van der Waals surface area (Å²) in [4.78, 5) is 4.38. The highest BCUT2D eigenvalue weighted by atomic mass is 15.1. The molecule has 1 aliphatic carbocycles. The van der Waals surface area contributed by atoms with E-state index >= 15 is 0 Å². The molecule has 1 saturated carbocycles. The van der Waals surface area contributed by atoms with E-state index in [2.05, 4.69) is 16.4 Å². The van der Waals surface area contributed by atoms with Gasteiger partial charge in [0.15, 0.2) is 5.96 Å². The van der Waals surface area contributed by atoms with Crippen molar-refractivity contribution < 1.29 is 0 Å². The predicted octanol–water partition coefficient (Wildman–Crippen LogP) is 2.69. The second-order valence-corrected chi connectivity index (χ2v) is 5.34. The maximum absolute atomic E-state index is 8.74. The summed E-state index contributed by atoms with van der Waals surface area (Å²) in [6.07, 6.45) is 7.60. The van der Waals surface area contributed by atoms with Gasteiger partial charge in [0.25, 0.3) is 0 Å². The summed E-state index contributed by atoms with van der Waals surface area (Å²) >= 11 is 0. The van der Waals surface area contributed by atoms with E-state index in [0.29, 0.717) is 24.1 Å². The van der Waals surface area contributed by atoms with Crippen molar-refractivity contribution >= 4 is 5.96 Å². The van der Waals surface area contributed by atoms with Gasteiger partial charge in [-0.05, 0) is 30.5 Å². The molecule has 0 aromatic heterocycles. The molecule has 106 valence electrons. The second-order valence-electron chi connectivity index (χ2n) is 5.34. The number of nitrogens with one attached hydrogen (secondary N) is 1. The molecule has 0 unspecified atom stereocenters. The number of hydrogen-bond donors (Lipinski definition) is 2. The monoisotopic (exact) mass is 270 g/mol. The van der Waals surface area contributed by atoms with Crippen molar-refractivity contribution in [2.45, 2.75) is 51.1 Å². The minimum Gasteiger partial charge on any atom is -0.370 e. The van der Waals surface area contributed by atoms with Crippen molar-refractivity contribution in [3.8, 4) is 6.07 Å². The van der Waals surface area contributed by atoms with Gasteiger partial charge < -0.3 is 11.1 Å². The molecule has 2 rings (SSSR count). The molecule has 20 heavy (non-hydrogen) atoms. The first-order valence-corrected chi connectivity index (χ1v) is 7.33. The smallest absolute Gasteiger partial charge is 0.189 e. The summed E-state index contributed by atoms with van der Waals surface area (Å²) in [5, 5.41) is 12.1. The lowest BCUT2D eigenvalue weighted by atomic mass is 10.1. The molecule has 4 nitrogen and oxygen atoms in total. The van der Waals surface area contributed by atoms with Crippen molar-refractivity contribution in [1.82, 2.24) is 5.32 Å². The van der Waals surface area contributed by atoms with E-state index in [4.69, 9.17) is 11.0 Å². The minimum atomic E-state index is 0.474. The Labute approximate surface area is 120 Å². The first kappa shape index (κ1) is 14.4. The molecule has 0 amide bonds. The van der Waals surface area contributed by atoms with Gasteiger partial charge in [0.2, 0.25) is 0 Å². The van der Waals surface area contributed by atoms with Crippen LogP contribution in [-0.2, 0) is 6.54 Å². The van der Waals surface area contributed by atoms with Crippen LogP contribution < -0.4 is 11.1 Å². The van der Waals surface area contributed by atoms with E-state index in [-0.39, 0.29) is 0 Å². The van der Waals surface area contributed by atoms with Crippen LogP contribution in [0.25, 0.3) is 0 Å². The molecule has 1 aromatic carbocycles. The van der Waals surface area contributed by atoms with Gasteiger partial charge in [-0.25, -0.2) is 4.99 Å². The maximum atomic E-state index is 8.74. The lowest BCUT2D eigenvalue weighted by molar-refractivity contribution is 0.530. The van der Waals surface area contributed by atoms with Crippen molar-refractivity contribution in [3.63, 3.8) is 0 Å². The van der Waals surface area contributed by atoms with Gasteiger partial charge in [-0.1, -0.05) is 37.8 Å². The van der Waals surface area contributed by atoms with Crippen LogP contribution in [0.2, 0.25) is 0 Å². The van der Waals surface area contributed by atoms with Crippen LogP contribution in [0, 0.1) is 11.3 Å². The first-order chi connectivity index (χ1) is 9.78. The average molecular weight is 270 g/mol. The average Bonchev–Trinajstić information content (AvgIpc) is 2.74. The number of aliphatic imine (C=N–C) groups is 1. The van der Waals surface area contributed by atoms with Crippen LogP contribution in [0.5, 0.6) is 0 Å². The van der Waals surface area contributed by atoms with Gasteiger partial charge >= 0.3 is 0 Å². The highest BCUT2D eigenvalue weighted by molar-refractivity contribution is 5.78. The third kappa shape index (κ3) is 4.58. The molecule has 1 aromatic rings. The van der Waals surface area contributed by atoms with Crippen LogP contribution in [-0.4, -0.2) is 12.0 Å². The van der Waals surface area contributed by atoms with Crippen molar-refractivity contribution in [2.75, 3.05) is 0 Å². The van der Waals surface area contributed by atoms with E-state index in [1.165, 1.54) is 38.5 Å². The van der Waals surface area contributed by atoms with Gasteiger partial charge in [0.05, 0.1) is 18.2 Å². The van der Waals surface area contributed by atoms with Crippen LogP contribution in [0.4, 0.5) is 0 Å². The maximum Gasteiger partial charge on any atom is 0.189 e. The Kier molecular flexibility index (Phi) is 5.43. The van der Waals surface area contributed by atoms with E-state index < -0.39 is 0 Å².